The number of benzene rings is 2. The van der Waals surface area contributed by atoms with Gasteiger partial charge < -0.3 is 14.8 Å². The molecule has 1 atom stereocenters. The minimum absolute atomic E-state index is 0.00524. The van der Waals surface area contributed by atoms with Crippen LogP contribution in [0.2, 0.25) is 0 Å². The Morgan fingerprint density at radius 1 is 1.20 bits per heavy atom. The summed E-state index contributed by atoms with van der Waals surface area (Å²) < 4.78 is 53.4. The topological polar surface area (TPSA) is 68.8 Å². The number of rotatable bonds is 7. The highest BCUT2D eigenvalue weighted by molar-refractivity contribution is 6.00. The average molecular weight is 424 g/mol. The van der Waals surface area contributed by atoms with Crippen LogP contribution in [-0.2, 0) is 20.7 Å². The largest absolute Gasteiger partial charge is 0.350 e. The molecule has 0 saturated carbocycles. The predicted molar refractivity (Wildman–Crippen MR) is 104 cm³/mol. The van der Waals surface area contributed by atoms with E-state index in [4.69, 9.17) is 14.3 Å². The van der Waals surface area contributed by atoms with Crippen molar-refractivity contribution in [2.45, 2.75) is 39.1 Å². The molecule has 1 saturated heterocycles. The molecule has 1 aliphatic heterocycles. The van der Waals surface area contributed by atoms with Crippen molar-refractivity contribution < 1.29 is 32.3 Å². The predicted octanol–water partition coefficient (Wildman–Crippen LogP) is 4.22. The Morgan fingerprint density at radius 2 is 1.97 bits per heavy atom. The van der Waals surface area contributed by atoms with E-state index in [1.807, 2.05) is 6.92 Å². The summed E-state index contributed by atoms with van der Waals surface area (Å²) in [6.45, 7) is 5.64. The van der Waals surface area contributed by atoms with Crippen LogP contribution in [0.4, 0.5) is 24.5 Å². The molecule has 1 heterocycles. The molecule has 1 fully saturated rings. The van der Waals surface area contributed by atoms with Gasteiger partial charge in [0.2, 0.25) is 0 Å². The first-order chi connectivity index (χ1) is 14.2. The van der Waals surface area contributed by atoms with Crippen LogP contribution >= 0.6 is 0 Å². The average Bonchev–Trinajstić information content (AvgIpc) is 3.05. The number of halogens is 3. The summed E-state index contributed by atoms with van der Waals surface area (Å²) in [5, 5.41) is 2.47. The summed E-state index contributed by atoms with van der Waals surface area (Å²) >= 11 is 0. The molecule has 162 valence electrons. The molecule has 2 aromatic carbocycles. The minimum Gasteiger partial charge on any atom is -0.350 e. The smallest absolute Gasteiger partial charge is 0.277 e. The molecule has 0 bridgehead atoms. The van der Waals surface area contributed by atoms with Gasteiger partial charge in [0.1, 0.15) is 18.5 Å². The van der Waals surface area contributed by atoms with Crippen LogP contribution in [0.1, 0.15) is 36.7 Å². The Bertz CT molecular complexity index is 937. The third-order valence-corrected chi connectivity index (χ3v) is 4.54. The van der Waals surface area contributed by atoms with Crippen LogP contribution < -0.4 is 10.8 Å². The molecule has 1 unspecified atom stereocenters. The van der Waals surface area contributed by atoms with Crippen LogP contribution in [0, 0.1) is 17.5 Å². The maximum atomic E-state index is 14.4. The second-order valence-electron chi connectivity index (χ2n) is 7.27. The number of carbonyl (C=O) groups is 1. The van der Waals surface area contributed by atoms with Gasteiger partial charge in [0.05, 0.1) is 23.5 Å². The van der Waals surface area contributed by atoms with Gasteiger partial charge in [0, 0.05) is 0 Å². The number of aryl methyl sites for hydroxylation is 1. The number of carbonyl (C=O) groups excluding carboxylic acids is 1. The molecule has 9 heteroatoms. The number of hydroxylamine groups is 1. The fourth-order valence-corrected chi connectivity index (χ4v) is 2.98. The summed E-state index contributed by atoms with van der Waals surface area (Å²) in [6, 6.07) is 6.22. The third kappa shape index (κ3) is 5.10. The van der Waals surface area contributed by atoms with Gasteiger partial charge in [-0.2, -0.15) is 0 Å². The number of hydrogen-bond acceptors (Lipinski definition) is 5. The molecule has 2 aromatic rings. The van der Waals surface area contributed by atoms with Crippen molar-refractivity contribution in [2.24, 2.45) is 0 Å². The van der Waals surface area contributed by atoms with E-state index in [9.17, 15) is 18.0 Å². The van der Waals surface area contributed by atoms with Crippen LogP contribution in [0.5, 0.6) is 0 Å². The summed E-state index contributed by atoms with van der Waals surface area (Å²) in [4.78, 5) is 17.6. The SMILES string of the molecule is CCc1ccc(Nc2c(C(=O)NOCC3COC(C)(C)O3)ccc(F)c2F)c(F)c1. The third-order valence-electron chi connectivity index (χ3n) is 4.54. The lowest BCUT2D eigenvalue weighted by Crippen LogP contribution is -2.31. The zero-order valence-electron chi connectivity index (χ0n) is 16.9. The van der Waals surface area contributed by atoms with Crippen LogP contribution in [-0.4, -0.2) is 31.0 Å². The maximum Gasteiger partial charge on any atom is 0.277 e. The molecular weight excluding hydrogens is 401 g/mol. The first-order valence-electron chi connectivity index (χ1n) is 9.47. The molecule has 30 heavy (non-hydrogen) atoms. The van der Waals surface area contributed by atoms with E-state index in [-0.39, 0.29) is 24.5 Å². The van der Waals surface area contributed by atoms with Gasteiger partial charge in [-0.25, -0.2) is 18.7 Å². The lowest BCUT2D eigenvalue weighted by molar-refractivity contribution is -0.147. The Morgan fingerprint density at radius 3 is 2.60 bits per heavy atom. The Labute approximate surface area is 172 Å². The molecule has 2 N–H and O–H groups in total. The van der Waals surface area contributed by atoms with Crippen molar-refractivity contribution in [1.82, 2.24) is 5.48 Å². The summed E-state index contributed by atoms with van der Waals surface area (Å²) in [5.41, 5.74) is 2.06. The van der Waals surface area contributed by atoms with Crippen molar-refractivity contribution in [3.05, 3.63) is 58.9 Å². The molecule has 3 rings (SSSR count). The minimum atomic E-state index is -1.31. The maximum absolute atomic E-state index is 14.4. The highest BCUT2D eigenvalue weighted by Gasteiger charge is 2.33. The Balaban J connectivity index is 1.73. The van der Waals surface area contributed by atoms with E-state index in [0.717, 1.165) is 17.7 Å². The van der Waals surface area contributed by atoms with E-state index < -0.39 is 40.9 Å². The van der Waals surface area contributed by atoms with Gasteiger partial charge in [-0.1, -0.05) is 13.0 Å². The molecule has 0 spiro atoms. The fraction of sp³-hybridized carbons (Fsp3) is 0.381. The van der Waals surface area contributed by atoms with Crippen molar-refractivity contribution >= 4 is 17.3 Å². The van der Waals surface area contributed by atoms with E-state index in [1.54, 1.807) is 19.9 Å². The normalized spacial score (nSPS) is 17.7. The molecule has 6 nitrogen and oxygen atoms in total. The number of hydrogen-bond donors (Lipinski definition) is 2. The summed E-state index contributed by atoms with van der Waals surface area (Å²) in [5.74, 6) is -4.72. The molecule has 0 radical (unpaired) electrons. The fourth-order valence-electron chi connectivity index (χ4n) is 2.98. The van der Waals surface area contributed by atoms with Crippen molar-refractivity contribution in [2.75, 3.05) is 18.5 Å². The highest BCUT2D eigenvalue weighted by Crippen LogP contribution is 2.28. The standard InChI is InChI=1S/C21H23F3N2O4/c1-4-12-5-8-17(16(23)9-12)25-19-14(6-7-15(22)18(19)24)20(27)26-29-11-13-10-28-21(2,3)30-13/h5-9,13,25H,4,10-11H2,1-3H3,(H,26,27). The first kappa shape index (κ1) is 22.1. The van der Waals surface area contributed by atoms with Gasteiger partial charge in [0.25, 0.3) is 5.91 Å². The second kappa shape index (κ2) is 9.03. The van der Waals surface area contributed by atoms with Crippen molar-refractivity contribution in [1.29, 1.82) is 0 Å². The monoisotopic (exact) mass is 424 g/mol. The Kier molecular flexibility index (Phi) is 6.64. The zero-order valence-corrected chi connectivity index (χ0v) is 16.9. The zero-order chi connectivity index (χ0) is 21.9. The number of anilines is 2. The molecule has 1 amide bonds. The number of ether oxygens (including phenoxy) is 2. The van der Waals surface area contributed by atoms with Crippen molar-refractivity contribution in [3.8, 4) is 0 Å². The quantitative estimate of drug-likeness (QED) is 0.652. The summed E-state index contributed by atoms with van der Waals surface area (Å²) in [6.07, 6.45) is 0.220. The van der Waals surface area contributed by atoms with Gasteiger partial charge >= 0.3 is 0 Å². The van der Waals surface area contributed by atoms with Crippen LogP contribution in [0.3, 0.4) is 0 Å². The van der Waals surface area contributed by atoms with E-state index in [2.05, 4.69) is 10.8 Å². The molecular formula is C21H23F3N2O4. The molecule has 0 aromatic heterocycles. The number of nitrogens with one attached hydrogen (secondary N) is 2. The summed E-state index contributed by atoms with van der Waals surface area (Å²) in [7, 11) is 0. The Hall–Kier alpha value is -2.62. The first-order valence-corrected chi connectivity index (χ1v) is 9.47. The highest BCUT2D eigenvalue weighted by atomic mass is 19.2. The van der Waals surface area contributed by atoms with E-state index in [1.165, 1.54) is 12.1 Å². The molecule has 1 aliphatic rings. The molecule has 0 aliphatic carbocycles. The van der Waals surface area contributed by atoms with Crippen molar-refractivity contribution in [3.63, 3.8) is 0 Å². The lowest BCUT2D eigenvalue weighted by Gasteiger charge is -2.17. The second-order valence-corrected chi connectivity index (χ2v) is 7.27. The van der Waals surface area contributed by atoms with Gasteiger partial charge in [0.15, 0.2) is 17.4 Å². The van der Waals surface area contributed by atoms with Crippen LogP contribution in [0.15, 0.2) is 30.3 Å². The van der Waals surface area contributed by atoms with E-state index >= 15 is 0 Å². The number of amides is 1. The van der Waals surface area contributed by atoms with Gasteiger partial charge in [-0.05, 0) is 50.1 Å². The van der Waals surface area contributed by atoms with Gasteiger partial charge in [-0.3, -0.25) is 9.63 Å². The van der Waals surface area contributed by atoms with E-state index in [0.29, 0.717) is 6.42 Å². The van der Waals surface area contributed by atoms with Gasteiger partial charge in [-0.15, -0.1) is 0 Å². The lowest BCUT2D eigenvalue weighted by atomic mass is 10.1. The van der Waals surface area contributed by atoms with Crippen LogP contribution in [0.25, 0.3) is 0 Å².